The van der Waals surface area contributed by atoms with E-state index >= 15 is 0 Å². The van der Waals surface area contributed by atoms with E-state index in [0.29, 0.717) is 19.7 Å². The zero-order chi connectivity index (χ0) is 17.8. The Morgan fingerprint density at radius 2 is 1.96 bits per heavy atom. The van der Waals surface area contributed by atoms with Gasteiger partial charge in [0.2, 0.25) is 0 Å². The number of nitrogens with one attached hydrogen (secondary N) is 1. The van der Waals surface area contributed by atoms with Crippen LogP contribution in [0.15, 0.2) is 12.4 Å². The van der Waals surface area contributed by atoms with Gasteiger partial charge in [0.15, 0.2) is 0 Å². The second kappa shape index (κ2) is 7.54. The van der Waals surface area contributed by atoms with E-state index in [4.69, 9.17) is 18.8 Å². The number of aromatic nitrogens is 2. The Bertz CT molecular complexity index is 545. The highest BCUT2D eigenvalue weighted by molar-refractivity contribution is 6.61. The molecule has 1 N–H and O–H groups in total. The van der Waals surface area contributed by atoms with Crippen LogP contribution in [0.5, 0.6) is 0 Å². The molecule has 0 aliphatic carbocycles. The number of alkyl carbamates (subject to hydrolysis) is 1. The van der Waals surface area contributed by atoms with E-state index < -0.39 is 13.2 Å². The number of carbonyl (C=O) groups is 1. The fourth-order valence-corrected chi connectivity index (χ4v) is 2.14. The molecular weight excluding hydrogens is 313 g/mol. The topological polar surface area (TPSA) is 83.8 Å². The van der Waals surface area contributed by atoms with Gasteiger partial charge in [0.1, 0.15) is 6.61 Å². The normalized spacial score (nSPS) is 18.6. The van der Waals surface area contributed by atoms with Crippen LogP contribution < -0.4 is 10.8 Å². The molecule has 1 aliphatic heterocycles. The number of hydrogen-bond acceptors (Lipinski definition) is 6. The van der Waals surface area contributed by atoms with Crippen molar-refractivity contribution in [3.63, 3.8) is 0 Å². The van der Waals surface area contributed by atoms with Crippen LogP contribution in [0.1, 0.15) is 27.7 Å². The molecule has 1 aromatic rings. The van der Waals surface area contributed by atoms with Gasteiger partial charge in [-0.3, -0.25) is 4.68 Å². The fraction of sp³-hybridized carbons (Fsp3) is 0.733. The Labute approximate surface area is 142 Å². The van der Waals surface area contributed by atoms with Crippen LogP contribution in [0.25, 0.3) is 0 Å². The first-order valence-corrected chi connectivity index (χ1v) is 8.03. The Balaban J connectivity index is 1.79. The van der Waals surface area contributed by atoms with Crippen LogP contribution >= 0.6 is 0 Å². The first-order valence-electron chi connectivity index (χ1n) is 8.03. The van der Waals surface area contributed by atoms with Gasteiger partial charge in [-0.2, -0.15) is 5.10 Å². The second-order valence-corrected chi connectivity index (χ2v) is 6.68. The van der Waals surface area contributed by atoms with Crippen molar-refractivity contribution < 1.29 is 23.6 Å². The van der Waals surface area contributed by atoms with Crippen molar-refractivity contribution in [2.24, 2.45) is 0 Å². The molecule has 1 fully saturated rings. The van der Waals surface area contributed by atoms with Gasteiger partial charge >= 0.3 is 13.2 Å². The number of ether oxygens (including phenoxy) is 2. The molecule has 0 atom stereocenters. The maximum absolute atomic E-state index is 11.4. The Kier molecular flexibility index (Phi) is 5.90. The fourth-order valence-electron chi connectivity index (χ4n) is 2.14. The summed E-state index contributed by atoms with van der Waals surface area (Å²) in [7, 11) is 1.12. The van der Waals surface area contributed by atoms with E-state index in [-0.39, 0.29) is 17.8 Å². The summed E-state index contributed by atoms with van der Waals surface area (Å²) in [6, 6.07) is 0. The summed E-state index contributed by atoms with van der Waals surface area (Å²) in [6.07, 6.45) is 3.12. The third-order valence-corrected chi connectivity index (χ3v) is 4.31. The van der Waals surface area contributed by atoms with Crippen molar-refractivity contribution in [1.82, 2.24) is 15.1 Å². The molecule has 24 heavy (non-hydrogen) atoms. The zero-order valence-corrected chi connectivity index (χ0v) is 15.0. The summed E-state index contributed by atoms with van der Waals surface area (Å²) < 4.78 is 23.4. The summed E-state index contributed by atoms with van der Waals surface area (Å²) >= 11 is 0. The van der Waals surface area contributed by atoms with E-state index in [1.165, 1.54) is 0 Å². The summed E-state index contributed by atoms with van der Waals surface area (Å²) in [4.78, 5) is 11.4. The smallest absolute Gasteiger partial charge is 0.447 e. The summed E-state index contributed by atoms with van der Waals surface area (Å²) in [6.45, 7) is 9.59. The molecule has 8 nitrogen and oxygen atoms in total. The molecule has 2 rings (SSSR count). The maximum atomic E-state index is 11.4. The van der Waals surface area contributed by atoms with Crippen molar-refractivity contribution in [1.29, 1.82) is 0 Å². The minimum absolute atomic E-state index is 0.232. The lowest BCUT2D eigenvalue weighted by Gasteiger charge is -2.32. The monoisotopic (exact) mass is 339 g/mol. The van der Waals surface area contributed by atoms with E-state index in [0.717, 1.165) is 5.46 Å². The highest BCUT2D eigenvalue weighted by Crippen LogP contribution is 2.36. The lowest BCUT2D eigenvalue weighted by Crippen LogP contribution is -2.41. The molecule has 2 heterocycles. The number of amides is 1. The third kappa shape index (κ3) is 4.49. The van der Waals surface area contributed by atoms with E-state index in [9.17, 15) is 4.79 Å². The minimum atomic E-state index is -0.467. The van der Waals surface area contributed by atoms with Gasteiger partial charge in [0, 0.05) is 31.5 Å². The predicted octanol–water partition coefficient (Wildman–Crippen LogP) is 0.555. The average molecular weight is 339 g/mol. The highest BCUT2D eigenvalue weighted by Gasteiger charge is 2.52. The summed E-state index contributed by atoms with van der Waals surface area (Å²) in [5.74, 6) is 0. The van der Waals surface area contributed by atoms with Gasteiger partial charge in [-0.1, -0.05) is 0 Å². The first-order chi connectivity index (χ1) is 11.2. The molecule has 134 valence electrons. The van der Waals surface area contributed by atoms with Crippen molar-refractivity contribution >= 4 is 18.7 Å². The summed E-state index contributed by atoms with van der Waals surface area (Å²) in [5, 5.41) is 6.93. The molecule has 0 spiro atoms. The van der Waals surface area contributed by atoms with Gasteiger partial charge in [0.25, 0.3) is 0 Å². The lowest BCUT2D eigenvalue weighted by atomic mass is 9.82. The SMILES string of the molecule is COCCOC(=O)NCCn1cc(B2OC(C)(C)C(C)(C)O2)cn1. The standard InChI is InChI=1S/C15H26BN3O5/c1-14(2)15(3,4)24-16(23-14)12-10-18-19(11-12)7-6-17-13(20)22-9-8-21-5/h10-11H,6-9H2,1-5H3,(H,17,20). The van der Waals surface area contributed by atoms with E-state index in [2.05, 4.69) is 10.4 Å². The Morgan fingerprint density at radius 3 is 2.58 bits per heavy atom. The molecule has 0 unspecified atom stereocenters. The molecular formula is C15H26BN3O5. The quantitative estimate of drug-likeness (QED) is 0.577. The van der Waals surface area contributed by atoms with Crippen molar-refractivity contribution in [2.75, 3.05) is 26.9 Å². The number of hydrogen-bond donors (Lipinski definition) is 1. The molecule has 9 heteroatoms. The van der Waals surface area contributed by atoms with Crippen molar-refractivity contribution in [3.05, 3.63) is 12.4 Å². The Hall–Kier alpha value is -1.58. The average Bonchev–Trinajstić information content (AvgIpc) is 3.02. The molecule has 1 aromatic heterocycles. The van der Waals surface area contributed by atoms with Crippen LogP contribution in [-0.2, 0) is 25.3 Å². The largest absolute Gasteiger partial charge is 0.498 e. The van der Waals surface area contributed by atoms with Gasteiger partial charge < -0.3 is 24.1 Å². The summed E-state index contributed by atoms with van der Waals surface area (Å²) in [5.41, 5.74) is 0.0944. The maximum Gasteiger partial charge on any atom is 0.498 e. The van der Waals surface area contributed by atoms with Gasteiger partial charge in [-0.05, 0) is 27.7 Å². The molecule has 0 bridgehead atoms. The Morgan fingerprint density at radius 1 is 1.29 bits per heavy atom. The highest BCUT2D eigenvalue weighted by atomic mass is 16.7. The minimum Gasteiger partial charge on any atom is -0.447 e. The van der Waals surface area contributed by atoms with Crippen molar-refractivity contribution in [2.45, 2.75) is 45.4 Å². The predicted molar refractivity (Wildman–Crippen MR) is 89.2 cm³/mol. The van der Waals surface area contributed by atoms with Crippen LogP contribution in [0.2, 0.25) is 0 Å². The molecule has 1 amide bonds. The lowest BCUT2D eigenvalue weighted by molar-refractivity contribution is 0.00578. The first kappa shape index (κ1) is 18.8. The van der Waals surface area contributed by atoms with Crippen LogP contribution in [-0.4, -0.2) is 61.1 Å². The van der Waals surface area contributed by atoms with Crippen molar-refractivity contribution in [3.8, 4) is 0 Å². The molecule has 0 saturated carbocycles. The molecule has 0 aromatic carbocycles. The van der Waals surface area contributed by atoms with Gasteiger partial charge in [0.05, 0.1) is 24.4 Å². The van der Waals surface area contributed by atoms with E-state index in [1.54, 1.807) is 18.0 Å². The van der Waals surface area contributed by atoms with Crippen LogP contribution in [0, 0.1) is 0 Å². The number of methoxy groups -OCH3 is 1. The molecule has 1 aliphatic rings. The number of rotatable bonds is 7. The van der Waals surface area contributed by atoms with Gasteiger partial charge in [-0.15, -0.1) is 0 Å². The molecule has 0 radical (unpaired) electrons. The third-order valence-electron chi connectivity index (χ3n) is 4.31. The van der Waals surface area contributed by atoms with Crippen LogP contribution in [0.4, 0.5) is 4.79 Å². The van der Waals surface area contributed by atoms with Gasteiger partial charge in [-0.25, -0.2) is 4.79 Å². The number of nitrogens with zero attached hydrogens (tertiary/aromatic N) is 2. The van der Waals surface area contributed by atoms with E-state index in [1.807, 2.05) is 33.9 Å². The number of carbonyl (C=O) groups excluding carboxylic acids is 1. The van der Waals surface area contributed by atoms with Crippen LogP contribution in [0.3, 0.4) is 0 Å². The second-order valence-electron chi connectivity index (χ2n) is 6.68. The zero-order valence-electron chi connectivity index (χ0n) is 15.0. The molecule has 1 saturated heterocycles.